The molecular formula is C20H19F2N3O2S. The number of carbonyl (C=O) groups is 1. The van der Waals surface area contributed by atoms with E-state index in [2.05, 4.69) is 10.4 Å². The molecule has 0 fully saturated rings. The minimum atomic E-state index is -0.527. The third-order valence-corrected chi connectivity index (χ3v) is 5.01. The highest BCUT2D eigenvalue weighted by Gasteiger charge is 2.14. The molecule has 0 aliphatic carbocycles. The molecule has 3 rings (SSSR count). The number of nitrogens with one attached hydrogen (secondary N) is 1. The van der Waals surface area contributed by atoms with Crippen LogP contribution in [0.15, 0.2) is 53.6 Å². The van der Waals surface area contributed by atoms with Gasteiger partial charge in [0.2, 0.25) is 5.91 Å². The largest absolute Gasteiger partial charge is 0.497 e. The summed E-state index contributed by atoms with van der Waals surface area (Å²) in [5, 5.41) is 6.97. The summed E-state index contributed by atoms with van der Waals surface area (Å²) >= 11 is 1.37. The van der Waals surface area contributed by atoms with Gasteiger partial charge in [0.05, 0.1) is 25.6 Å². The van der Waals surface area contributed by atoms with Crippen molar-refractivity contribution in [2.24, 2.45) is 0 Å². The third kappa shape index (κ3) is 4.89. The van der Waals surface area contributed by atoms with Gasteiger partial charge in [-0.25, -0.2) is 13.5 Å². The molecule has 8 heteroatoms. The summed E-state index contributed by atoms with van der Waals surface area (Å²) in [6, 6.07) is 10.7. The quantitative estimate of drug-likeness (QED) is 0.599. The normalized spacial score (nSPS) is 10.7. The Bertz CT molecular complexity index is 991. The Labute approximate surface area is 165 Å². The number of anilines is 1. The van der Waals surface area contributed by atoms with Gasteiger partial charge in [0.15, 0.2) is 0 Å². The highest BCUT2D eigenvalue weighted by atomic mass is 32.2. The van der Waals surface area contributed by atoms with E-state index in [9.17, 15) is 13.6 Å². The SMILES string of the molecule is COc1cccc(SCC(=O)Nc2c(C)cnn2Cc2cc(F)ccc2F)c1. The lowest BCUT2D eigenvalue weighted by Gasteiger charge is -2.11. The molecule has 2 aromatic carbocycles. The zero-order chi connectivity index (χ0) is 20.1. The molecule has 0 bridgehead atoms. The lowest BCUT2D eigenvalue weighted by Crippen LogP contribution is -2.18. The van der Waals surface area contributed by atoms with E-state index in [1.165, 1.54) is 16.4 Å². The molecule has 0 atom stereocenters. The fourth-order valence-corrected chi connectivity index (χ4v) is 3.34. The Morgan fingerprint density at radius 1 is 1.25 bits per heavy atom. The number of thioether (sulfide) groups is 1. The van der Waals surface area contributed by atoms with Crippen molar-refractivity contribution in [3.05, 3.63) is 71.4 Å². The first-order chi connectivity index (χ1) is 13.5. The highest BCUT2D eigenvalue weighted by molar-refractivity contribution is 8.00. The molecule has 0 radical (unpaired) electrons. The Balaban J connectivity index is 1.67. The van der Waals surface area contributed by atoms with Gasteiger partial charge in [0.25, 0.3) is 0 Å². The molecule has 0 aliphatic heterocycles. The number of methoxy groups -OCH3 is 1. The lowest BCUT2D eigenvalue weighted by molar-refractivity contribution is -0.113. The van der Waals surface area contributed by atoms with Gasteiger partial charge < -0.3 is 10.1 Å². The van der Waals surface area contributed by atoms with E-state index in [0.29, 0.717) is 5.82 Å². The zero-order valence-corrected chi connectivity index (χ0v) is 16.2. The van der Waals surface area contributed by atoms with Crippen LogP contribution in [0.2, 0.25) is 0 Å². The van der Waals surface area contributed by atoms with E-state index in [0.717, 1.165) is 34.4 Å². The molecule has 146 valence electrons. The van der Waals surface area contributed by atoms with Crippen LogP contribution in [0.1, 0.15) is 11.1 Å². The van der Waals surface area contributed by atoms with Crippen molar-refractivity contribution < 1.29 is 18.3 Å². The second kappa shape index (κ2) is 8.88. The average Bonchev–Trinajstić information content (AvgIpc) is 3.03. The van der Waals surface area contributed by atoms with Gasteiger partial charge in [0, 0.05) is 16.0 Å². The van der Waals surface area contributed by atoms with Crippen LogP contribution in [0.5, 0.6) is 5.75 Å². The summed E-state index contributed by atoms with van der Waals surface area (Å²) in [5.74, 6) is 0.0845. The first-order valence-electron chi connectivity index (χ1n) is 8.49. The number of aryl methyl sites for hydroxylation is 1. The minimum Gasteiger partial charge on any atom is -0.497 e. The van der Waals surface area contributed by atoms with Gasteiger partial charge in [-0.05, 0) is 43.3 Å². The number of halogens is 2. The topological polar surface area (TPSA) is 56.1 Å². The van der Waals surface area contributed by atoms with Gasteiger partial charge in [-0.3, -0.25) is 4.79 Å². The van der Waals surface area contributed by atoms with E-state index in [1.54, 1.807) is 20.2 Å². The molecule has 0 saturated carbocycles. The Hall–Kier alpha value is -2.87. The first-order valence-corrected chi connectivity index (χ1v) is 9.48. The number of benzene rings is 2. The summed E-state index contributed by atoms with van der Waals surface area (Å²) in [6.07, 6.45) is 1.57. The van der Waals surface area contributed by atoms with Crippen LogP contribution in [0.4, 0.5) is 14.6 Å². The molecule has 1 amide bonds. The summed E-state index contributed by atoms with van der Waals surface area (Å²) < 4.78 is 33.9. The van der Waals surface area contributed by atoms with Crippen molar-refractivity contribution in [2.45, 2.75) is 18.4 Å². The van der Waals surface area contributed by atoms with E-state index < -0.39 is 11.6 Å². The van der Waals surface area contributed by atoms with Crippen molar-refractivity contribution in [3.63, 3.8) is 0 Å². The van der Waals surface area contributed by atoms with Crippen LogP contribution in [-0.4, -0.2) is 28.6 Å². The molecule has 0 saturated heterocycles. The maximum atomic E-state index is 13.9. The van der Waals surface area contributed by atoms with Gasteiger partial charge in [-0.15, -0.1) is 11.8 Å². The zero-order valence-electron chi connectivity index (χ0n) is 15.4. The smallest absolute Gasteiger partial charge is 0.235 e. The van der Waals surface area contributed by atoms with Crippen LogP contribution in [0.25, 0.3) is 0 Å². The fraction of sp³-hybridized carbons (Fsp3) is 0.200. The van der Waals surface area contributed by atoms with Crippen LogP contribution < -0.4 is 10.1 Å². The number of amides is 1. The van der Waals surface area contributed by atoms with Crippen LogP contribution in [0, 0.1) is 18.6 Å². The Morgan fingerprint density at radius 3 is 2.86 bits per heavy atom. The Kier molecular flexibility index (Phi) is 6.30. The standard InChI is InChI=1S/C20H19F2N3O2S/c1-13-10-23-25(11-14-8-15(21)6-7-18(14)22)20(13)24-19(26)12-28-17-5-3-4-16(9-17)27-2/h3-10H,11-12H2,1-2H3,(H,24,26). The summed E-state index contributed by atoms with van der Waals surface area (Å²) in [6.45, 7) is 1.80. The number of nitrogens with zero attached hydrogens (tertiary/aromatic N) is 2. The molecule has 1 heterocycles. The molecule has 0 unspecified atom stereocenters. The van der Waals surface area contributed by atoms with Crippen molar-refractivity contribution in [3.8, 4) is 5.75 Å². The van der Waals surface area contributed by atoms with Crippen molar-refractivity contribution >= 4 is 23.5 Å². The molecule has 5 nitrogen and oxygen atoms in total. The minimum absolute atomic E-state index is 0.00999. The monoisotopic (exact) mass is 403 g/mol. The van der Waals surface area contributed by atoms with Crippen molar-refractivity contribution in [1.29, 1.82) is 0 Å². The van der Waals surface area contributed by atoms with E-state index in [4.69, 9.17) is 4.74 Å². The van der Waals surface area contributed by atoms with Gasteiger partial charge in [-0.2, -0.15) is 5.10 Å². The lowest BCUT2D eigenvalue weighted by atomic mass is 10.2. The van der Waals surface area contributed by atoms with Crippen molar-refractivity contribution in [1.82, 2.24) is 9.78 Å². The van der Waals surface area contributed by atoms with Gasteiger partial charge in [0.1, 0.15) is 23.2 Å². The third-order valence-electron chi connectivity index (χ3n) is 4.02. The summed E-state index contributed by atoms with van der Waals surface area (Å²) in [7, 11) is 1.59. The van der Waals surface area contributed by atoms with E-state index in [-0.39, 0.29) is 23.8 Å². The molecule has 3 aromatic rings. The highest BCUT2D eigenvalue weighted by Crippen LogP contribution is 2.23. The molecule has 0 spiro atoms. The van der Waals surface area contributed by atoms with Gasteiger partial charge >= 0.3 is 0 Å². The summed E-state index contributed by atoms with van der Waals surface area (Å²) in [4.78, 5) is 13.3. The molecule has 1 aromatic heterocycles. The molecule has 1 N–H and O–H groups in total. The predicted octanol–water partition coefficient (Wildman–Crippen LogP) is 4.26. The number of hydrogen-bond acceptors (Lipinski definition) is 4. The molecular weight excluding hydrogens is 384 g/mol. The average molecular weight is 403 g/mol. The summed E-state index contributed by atoms with van der Waals surface area (Å²) in [5.41, 5.74) is 0.890. The maximum Gasteiger partial charge on any atom is 0.235 e. The maximum absolute atomic E-state index is 13.9. The van der Waals surface area contributed by atoms with E-state index in [1.807, 2.05) is 24.3 Å². The predicted molar refractivity (Wildman–Crippen MR) is 105 cm³/mol. The molecule has 28 heavy (non-hydrogen) atoms. The molecule has 0 aliphatic rings. The Morgan fingerprint density at radius 2 is 2.07 bits per heavy atom. The second-order valence-corrected chi connectivity index (χ2v) is 7.13. The second-order valence-electron chi connectivity index (χ2n) is 6.09. The fourth-order valence-electron chi connectivity index (χ4n) is 2.60. The van der Waals surface area contributed by atoms with Crippen LogP contribution in [-0.2, 0) is 11.3 Å². The number of carbonyl (C=O) groups excluding carboxylic acids is 1. The van der Waals surface area contributed by atoms with Gasteiger partial charge in [-0.1, -0.05) is 6.07 Å². The number of hydrogen-bond donors (Lipinski definition) is 1. The van der Waals surface area contributed by atoms with Crippen LogP contribution in [0.3, 0.4) is 0 Å². The number of rotatable bonds is 7. The van der Waals surface area contributed by atoms with Crippen molar-refractivity contribution in [2.75, 3.05) is 18.2 Å². The van der Waals surface area contributed by atoms with E-state index >= 15 is 0 Å². The number of ether oxygens (including phenoxy) is 1. The first kappa shape index (κ1) is 19.9. The number of aromatic nitrogens is 2. The van der Waals surface area contributed by atoms with Crippen LogP contribution >= 0.6 is 11.8 Å².